The van der Waals surface area contributed by atoms with E-state index in [-0.39, 0.29) is 9.80 Å². The van der Waals surface area contributed by atoms with E-state index in [1.807, 2.05) is 24.3 Å². The van der Waals surface area contributed by atoms with Crippen LogP contribution in [0.15, 0.2) is 58.3 Å². The second-order valence-electron chi connectivity index (χ2n) is 5.40. The minimum absolute atomic E-state index is 0.0495. The quantitative estimate of drug-likeness (QED) is 0.748. The number of rotatable bonds is 4. The van der Waals surface area contributed by atoms with E-state index < -0.39 is 9.84 Å². The fourth-order valence-electron chi connectivity index (χ4n) is 2.04. The van der Waals surface area contributed by atoms with E-state index in [1.165, 1.54) is 30.3 Å². The van der Waals surface area contributed by atoms with Crippen molar-refractivity contribution in [3.63, 3.8) is 0 Å². The molecule has 0 aliphatic rings. The van der Waals surface area contributed by atoms with Gasteiger partial charge in [0, 0.05) is 5.02 Å². The molecule has 0 aliphatic carbocycles. The van der Waals surface area contributed by atoms with Crippen LogP contribution in [-0.4, -0.2) is 8.42 Å². The summed E-state index contributed by atoms with van der Waals surface area (Å²) in [6.45, 7) is 4.16. The minimum atomic E-state index is -3.85. The van der Waals surface area contributed by atoms with E-state index in [2.05, 4.69) is 13.8 Å². The van der Waals surface area contributed by atoms with Gasteiger partial charge < -0.3 is 0 Å². The van der Waals surface area contributed by atoms with Gasteiger partial charge in [0.1, 0.15) is 11.0 Å². The fraction of sp³-hybridized carbons (Fsp3) is 0.167. The lowest BCUT2D eigenvalue weighted by atomic mass is 10.0. The molecule has 5 heteroatoms. The Bertz CT molecular complexity index is 859. The van der Waals surface area contributed by atoms with E-state index in [0.717, 1.165) is 5.56 Å². The zero-order chi connectivity index (χ0) is 17.0. The summed E-state index contributed by atoms with van der Waals surface area (Å²) in [6.07, 6.45) is 1.38. The van der Waals surface area contributed by atoms with Gasteiger partial charge in [0.05, 0.1) is 4.90 Å². The van der Waals surface area contributed by atoms with Crippen molar-refractivity contribution in [1.29, 1.82) is 5.26 Å². The van der Waals surface area contributed by atoms with Crippen LogP contribution in [0.4, 0.5) is 0 Å². The summed E-state index contributed by atoms with van der Waals surface area (Å²) >= 11 is 5.77. The molecule has 0 fully saturated rings. The van der Waals surface area contributed by atoms with E-state index in [0.29, 0.717) is 16.5 Å². The first-order valence-corrected chi connectivity index (χ1v) is 8.93. The van der Waals surface area contributed by atoms with E-state index >= 15 is 0 Å². The maximum atomic E-state index is 12.5. The van der Waals surface area contributed by atoms with Crippen molar-refractivity contribution in [2.75, 3.05) is 0 Å². The Hall–Kier alpha value is -2.09. The van der Waals surface area contributed by atoms with Crippen molar-refractivity contribution in [1.82, 2.24) is 0 Å². The standard InChI is InChI=1S/C18H16ClNO2S/c1-13(2)15-5-3-14(4-6-15)11-18(12-20)23(21,22)17-9-7-16(19)8-10-17/h3-11,13H,1-2H3/b18-11+. The Morgan fingerprint density at radius 1 is 1.09 bits per heavy atom. The van der Waals surface area contributed by atoms with Crippen LogP contribution in [0, 0.1) is 11.3 Å². The van der Waals surface area contributed by atoms with E-state index in [9.17, 15) is 13.7 Å². The fourth-order valence-corrected chi connectivity index (χ4v) is 3.32. The number of hydrogen-bond donors (Lipinski definition) is 0. The molecular formula is C18H16ClNO2S. The van der Waals surface area contributed by atoms with Crippen LogP contribution in [0.2, 0.25) is 5.02 Å². The molecule has 23 heavy (non-hydrogen) atoms. The van der Waals surface area contributed by atoms with Crippen LogP contribution in [0.25, 0.3) is 6.08 Å². The van der Waals surface area contributed by atoms with Gasteiger partial charge in [-0.15, -0.1) is 0 Å². The second kappa shape index (κ2) is 6.99. The molecule has 0 saturated carbocycles. The average Bonchev–Trinajstić information content (AvgIpc) is 2.53. The first-order valence-electron chi connectivity index (χ1n) is 7.07. The van der Waals surface area contributed by atoms with Gasteiger partial charge in [-0.25, -0.2) is 8.42 Å². The summed E-state index contributed by atoms with van der Waals surface area (Å²) in [7, 11) is -3.85. The van der Waals surface area contributed by atoms with Gasteiger partial charge >= 0.3 is 0 Å². The molecule has 0 aromatic heterocycles. The highest BCUT2D eigenvalue weighted by Crippen LogP contribution is 2.23. The third-order valence-electron chi connectivity index (χ3n) is 3.42. The number of sulfone groups is 1. The molecule has 0 aliphatic heterocycles. The summed E-state index contributed by atoms with van der Waals surface area (Å²) in [5.74, 6) is 0.390. The first kappa shape index (κ1) is 17.3. The lowest BCUT2D eigenvalue weighted by Crippen LogP contribution is -2.03. The number of allylic oxidation sites excluding steroid dienone is 1. The van der Waals surface area contributed by atoms with Gasteiger partial charge in [-0.1, -0.05) is 49.7 Å². The van der Waals surface area contributed by atoms with Crippen molar-refractivity contribution in [2.45, 2.75) is 24.7 Å². The normalized spacial score (nSPS) is 12.2. The third-order valence-corrected chi connectivity index (χ3v) is 5.36. The SMILES string of the molecule is CC(C)c1ccc(/C=C(\C#N)S(=O)(=O)c2ccc(Cl)cc2)cc1. The zero-order valence-electron chi connectivity index (χ0n) is 12.8. The van der Waals surface area contributed by atoms with Crippen molar-refractivity contribution in [2.24, 2.45) is 0 Å². The predicted molar refractivity (Wildman–Crippen MR) is 92.8 cm³/mol. The van der Waals surface area contributed by atoms with Crippen LogP contribution in [0.1, 0.15) is 30.9 Å². The van der Waals surface area contributed by atoms with Crippen molar-refractivity contribution >= 4 is 27.5 Å². The topological polar surface area (TPSA) is 57.9 Å². The largest absolute Gasteiger partial charge is 0.218 e. The lowest BCUT2D eigenvalue weighted by molar-refractivity contribution is 0.603. The highest BCUT2D eigenvalue weighted by molar-refractivity contribution is 7.95. The number of halogens is 1. The monoisotopic (exact) mass is 345 g/mol. The smallest absolute Gasteiger partial charge is 0.216 e. The second-order valence-corrected chi connectivity index (χ2v) is 7.75. The summed E-state index contributed by atoms with van der Waals surface area (Å²) in [6, 6.07) is 15.0. The van der Waals surface area contributed by atoms with Gasteiger partial charge in [0.2, 0.25) is 9.84 Å². The Balaban J connectivity index is 2.42. The highest BCUT2D eigenvalue weighted by Gasteiger charge is 2.20. The number of nitrogens with zero attached hydrogens (tertiary/aromatic N) is 1. The molecule has 2 aromatic rings. The van der Waals surface area contributed by atoms with Crippen LogP contribution in [0.3, 0.4) is 0 Å². The molecule has 3 nitrogen and oxygen atoms in total. The van der Waals surface area contributed by atoms with Crippen LogP contribution in [-0.2, 0) is 9.84 Å². The summed E-state index contributed by atoms with van der Waals surface area (Å²) in [4.78, 5) is -0.245. The Morgan fingerprint density at radius 3 is 2.13 bits per heavy atom. The number of benzene rings is 2. The molecule has 0 unspecified atom stereocenters. The Morgan fingerprint density at radius 2 is 1.65 bits per heavy atom. The number of hydrogen-bond acceptors (Lipinski definition) is 3. The Labute approximate surface area is 141 Å². The molecule has 0 heterocycles. The predicted octanol–water partition coefficient (Wildman–Crippen LogP) is 4.80. The number of nitriles is 1. The molecule has 0 amide bonds. The molecule has 0 radical (unpaired) electrons. The van der Waals surface area contributed by atoms with Gasteiger partial charge in [0.25, 0.3) is 0 Å². The minimum Gasteiger partial charge on any atom is -0.218 e. The molecule has 0 atom stereocenters. The van der Waals surface area contributed by atoms with Crippen molar-refractivity contribution < 1.29 is 8.42 Å². The molecular weight excluding hydrogens is 330 g/mol. The summed E-state index contributed by atoms with van der Waals surface area (Å²) in [5, 5.41) is 9.70. The maximum Gasteiger partial charge on any atom is 0.216 e. The molecule has 0 bridgehead atoms. The Kier molecular flexibility index (Phi) is 5.25. The van der Waals surface area contributed by atoms with Crippen molar-refractivity contribution in [3.8, 4) is 6.07 Å². The van der Waals surface area contributed by atoms with Crippen LogP contribution < -0.4 is 0 Å². The molecule has 2 rings (SSSR count). The summed E-state index contributed by atoms with van der Waals surface area (Å²) < 4.78 is 25.0. The maximum absolute atomic E-state index is 12.5. The first-order chi connectivity index (χ1) is 10.8. The lowest BCUT2D eigenvalue weighted by Gasteiger charge is -2.06. The van der Waals surface area contributed by atoms with Gasteiger partial charge in [-0.05, 0) is 47.4 Å². The molecule has 0 saturated heterocycles. The zero-order valence-corrected chi connectivity index (χ0v) is 14.4. The third kappa shape index (κ3) is 4.01. The van der Waals surface area contributed by atoms with Gasteiger partial charge in [-0.2, -0.15) is 5.26 Å². The van der Waals surface area contributed by atoms with E-state index in [4.69, 9.17) is 11.6 Å². The van der Waals surface area contributed by atoms with Crippen molar-refractivity contribution in [3.05, 3.63) is 69.6 Å². The highest BCUT2D eigenvalue weighted by atomic mass is 35.5. The van der Waals surface area contributed by atoms with Crippen LogP contribution >= 0.6 is 11.6 Å². The van der Waals surface area contributed by atoms with Crippen LogP contribution in [0.5, 0.6) is 0 Å². The molecule has 2 aromatic carbocycles. The van der Waals surface area contributed by atoms with E-state index in [1.54, 1.807) is 6.07 Å². The molecule has 118 valence electrons. The molecule has 0 spiro atoms. The van der Waals surface area contributed by atoms with Gasteiger partial charge in [0.15, 0.2) is 0 Å². The summed E-state index contributed by atoms with van der Waals surface area (Å²) in [5.41, 5.74) is 1.82. The van der Waals surface area contributed by atoms with Gasteiger partial charge in [-0.3, -0.25) is 0 Å². The average molecular weight is 346 g/mol. The molecule has 0 N–H and O–H groups in total.